The van der Waals surface area contributed by atoms with Crippen LogP contribution in [0.4, 0.5) is 5.69 Å². The second kappa shape index (κ2) is 5.28. The van der Waals surface area contributed by atoms with E-state index in [2.05, 4.69) is 10.3 Å². The maximum atomic E-state index is 12.6. The van der Waals surface area contributed by atoms with Gasteiger partial charge in [-0.2, -0.15) is 0 Å². The third-order valence-electron chi connectivity index (χ3n) is 4.47. The van der Waals surface area contributed by atoms with Gasteiger partial charge in [-0.3, -0.25) is 9.78 Å². The molecule has 3 N–H and O–H groups in total. The van der Waals surface area contributed by atoms with Gasteiger partial charge in [-0.05, 0) is 38.0 Å². The molecule has 1 heterocycles. The summed E-state index contributed by atoms with van der Waals surface area (Å²) in [5.74, 6) is -0.0540. The highest BCUT2D eigenvalue weighted by Crippen LogP contribution is 2.38. The average molecular weight is 304 g/mol. The zero-order valence-corrected chi connectivity index (χ0v) is 12.7. The number of carbonyl (C=O) groups is 1. The highest BCUT2D eigenvalue weighted by molar-refractivity contribution is 6.32. The lowest BCUT2D eigenvalue weighted by Gasteiger charge is -2.27. The van der Waals surface area contributed by atoms with E-state index in [0.717, 1.165) is 30.2 Å². The molecule has 4 nitrogen and oxygen atoms in total. The van der Waals surface area contributed by atoms with Crippen LogP contribution in [0.1, 0.15) is 26.2 Å². The summed E-state index contributed by atoms with van der Waals surface area (Å²) in [4.78, 5) is 17.0. The number of hydrogen-bond donors (Lipinski definition) is 2. The van der Waals surface area contributed by atoms with E-state index >= 15 is 0 Å². The second-order valence-corrected chi connectivity index (χ2v) is 6.34. The summed E-state index contributed by atoms with van der Waals surface area (Å²) in [6.45, 7) is 1.93. The number of nitrogens with one attached hydrogen (secondary N) is 1. The van der Waals surface area contributed by atoms with Crippen LogP contribution in [0.2, 0.25) is 5.02 Å². The van der Waals surface area contributed by atoms with Gasteiger partial charge in [-0.25, -0.2) is 0 Å². The van der Waals surface area contributed by atoms with Crippen LogP contribution in [0.5, 0.6) is 0 Å². The lowest BCUT2D eigenvalue weighted by Crippen LogP contribution is -2.44. The molecule has 0 aliphatic heterocycles. The number of pyridine rings is 1. The predicted molar refractivity (Wildman–Crippen MR) is 85.3 cm³/mol. The molecule has 2 atom stereocenters. The summed E-state index contributed by atoms with van der Waals surface area (Å²) < 4.78 is 0. The topological polar surface area (TPSA) is 68.0 Å². The van der Waals surface area contributed by atoms with Crippen LogP contribution in [0.3, 0.4) is 0 Å². The SMILES string of the molecule is CC1(C(=O)Nc2cc(Cl)cc3cccnc23)CCCC1N. The van der Waals surface area contributed by atoms with E-state index < -0.39 is 5.41 Å². The van der Waals surface area contributed by atoms with E-state index in [1.807, 2.05) is 25.1 Å². The zero-order chi connectivity index (χ0) is 15.0. The average Bonchev–Trinajstić information content (AvgIpc) is 2.80. The minimum absolute atomic E-state index is 0.0540. The van der Waals surface area contributed by atoms with E-state index in [9.17, 15) is 4.79 Å². The van der Waals surface area contributed by atoms with Gasteiger partial charge in [0.15, 0.2) is 0 Å². The number of anilines is 1. The standard InChI is InChI=1S/C16H18ClN3O/c1-16(6-2-5-13(16)18)15(21)20-12-9-11(17)8-10-4-3-7-19-14(10)12/h3-4,7-9,13H,2,5-6,18H2,1H3,(H,20,21). The normalized spacial score (nSPS) is 25.2. The van der Waals surface area contributed by atoms with Crippen LogP contribution in [0, 0.1) is 5.41 Å². The molecular formula is C16H18ClN3O. The van der Waals surface area contributed by atoms with Crippen molar-refractivity contribution in [1.82, 2.24) is 4.98 Å². The van der Waals surface area contributed by atoms with Crippen molar-refractivity contribution in [2.24, 2.45) is 11.1 Å². The monoisotopic (exact) mass is 303 g/mol. The van der Waals surface area contributed by atoms with Crippen LogP contribution in [0.25, 0.3) is 10.9 Å². The predicted octanol–water partition coefficient (Wildman–Crippen LogP) is 3.34. The maximum absolute atomic E-state index is 12.6. The van der Waals surface area contributed by atoms with Crippen LogP contribution in [0.15, 0.2) is 30.5 Å². The summed E-state index contributed by atoms with van der Waals surface area (Å²) in [7, 11) is 0. The van der Waals surface area contributed by atoms with Crippen molar-refractivity contribution in [1.29, 1.82) is 0 Å². The van der Waals surface area contributed by atoms with Crippen LogP contribution in [-0.2, 0) is 4.79 Å². The minimum atomic E-state index is -0.524. The summed E-state index contributed by atoms with van der Waals surface area (Å²) in [5, 5.41) is 4.45. The Morgan fingerprint density at radius 3 is 3.05 bits per heavy atom. The largest absolute Gasteiger partial charge is 0.327 e. The van der Waals surface area contributed by atoms with Gasteiger partial charge < -0.3 is 11.1 Å². The van der Waals surface area contributed by atoms with Crippen molar-refractivity contribution in [3.63, 3.8) is 0 Å². The summed E-state index contributed by atoms with van der Waals surface area (Å²) in [5.41, 5.74) is 6.97. The number of nitrogens with zero attached hydrogens (tertiary/aromatic N) is 1. The molecule has 21 heavy (non-hydrogen) atoms. The Labute approximate surface area is 128 Å². The number of carbonyl (C=O) groups excluding carboxylic acids is 1. The summed E-state index contributed by atoms with van der Waals surface area (Å²) in [6, 6.07) is 7.24. The molecule has 1 saturated carbocycles. The minimum Gasteiger partial charge on any atom is -0.327 e. The van der Waals surface area contributed by atoms with Gasteiger partial charge in [-0.15, -0.1) is 0 Å². The molecule has 0 saturated heterocycles. The molecule has 1 aromatic carbocycles. The van der Waals surface area contributed by atoms with E-state index in [4.69, 9.17) is 17.3 Å². The Bertz CT molecular complexity index is 703. The van der Waals surface area contributed by atoms with Crippen molar-refractivity contribution in [3.8, 4) is 0 Å². The molecule has 1 fully saturated rings. The van der Waals surface area contributed by atoms with Crippen molar-refractivity contribution >= 4 is 34.1 Å². The van der Waals surface area contributed by atoms with Gasteiger partial charge in [0.05, 0.1) is 16.6 Å². The molecule has 1 aromatic heterocycles. The Hall–Kier alpha value is -1.65. The van der Waals surface area contributed by atoms with Crippen LogP contribution in [-0.4, -0.2) is 16.9 Å². The Balaban J connectivity index is 1.97. The van der Waals surface area contributed by atoms with Crippen molar-refractivity contribution in [3.05, 3.63) is 35.5 Å². The van der Waals surface area contributed by atoms with Gasteiger partial charge in [0, 0.05) is 22.6 Å². The third kappa shape index (κ3) is 2.49. The molecule has 2 aromatic rings. The molecule has 1 amide bonds. The summed E-state index contributed by atoms with van der Waals surface area (Å²) in [6.07, 6.45) is 4.39. The number of aromatic nitrogens is 1. The fourth-order valence-electron chi connectivity index (χ4n) is 2.99. The van der Waals surface area contributed by atoms with Crippen molar-refractivity contribution in [2.75, 3.05) is 5.32 Å². The molecule has 1 aliphatic carbocycles. The number of amides is 1. The van der Waals surface area contributed by atoms with Crippen LogP contribution >= 0.6 is 11.6 Å². The van der Waals surface area contributed by atoms with Gasteiger partial charge in [0.2, 0.25) is 5.91 Å². The molecular weight excluding hydrogens is 286 g/mol. The van der Waals surface area contributed by atoms with Crippen LogP contribution < -0.4 is 11.1 Å². The molecule has 2 unspecified atom stereocenters. The zero-order valence-electron chi connectivity index (χ0n) is 11.9. The Morgan fingerprint density at radius 2 is 2.33 bits per heavy atom. The highest BCUT2D eigenvalue weighted by Gasteiger charge is 2.43. The number of halogens is 1. The smallest absolute Gasteiger partial charge is 0.231 e. The van der Waals surface area contributed by atoms with Gasteiger partial charge in [0.1, 0.15) is 0 Å². The first-order valence-electron chi connectivity index (χ1n) is 7.12. The maximum Gasteiger partial charge on any atom is 0.231 e. The third-order valence-corrected chi connectivity index (χ3v) is 4.68. The molecule has 0 radical (unpaired) electrons. The number of benzene rings is 1. The lowest BCUT2D eigenvalue weighted by molar-refractivity contribution is -0.125. The van der Waals surface area contributed by atoms with Crippen molar-refractivity contribution in [2.45, 2.75) is 32.2 Å². The first-order chi connectivity index (χ1) is 10.0. The first kappa shape index (κ1) is 14.3. The summed E-state index contributed by atoms with van der Waals surface area (Å²) >= 11 is 6.13. The number of rotatable bonds is 2. The number of nitrogens with two attached hydrogens (primary N) is 1. The Kier molecular flexibility index (Phi) is 3.59. The number of fused-ring (bicyclic) bond motifs is 1. The highest BCUT2D eigenvalue weighted by atomic mass is 35.5. The Morgan fingerprint density at radius 1 is 1.52 bits per heavy atom. The lowest BCUT2D eigenvalue weighted by atomic mass is 9.84. The van der Waals surface area contributed by atoms with E-state index in [-0.39, 0.29) is 11.9 Å². The quantitative estimate of drug-likeness (QED) is 0.894. The molecule has 5 heteroatoms. The van der Waals surface area contributed by atoms with Gasteiger partial charge >= 0.3 is 0 Å². The molecule has 3 rings (SSSR count). The van der Waals surface area contributed by atoms with Gasteiger partial charge in [-0.1, -0.05) is 24.1 Å². The van der Waals surface area contributed by atoms with E-state index in [0.29, 0.717) is 10.7 Å². The van der Waals surface area contributed by atoms with E-state index in [1.165, 1.54) is 0 Å². The molecule has 1 aliphatic rings. The van der Waals surface area contributed by atoms with Gasteiger partial charge in [0.25, 0.3) is 0 Å². The number of hydrogen-bond acceptors (Lipinski definition) is 3. The first-order valence-corrected chi connectivity index (χ1v) is 7.50. The second-order valence-electron chi connectivity index (χ2n) is 5.90. The van der Waals surface area contributed by atoms with Crippen molar-refractivity contribution < 1.29 is 4.79 Å². The molecule has 110 valence electrons. The van der Waals surface area contributed by atoms with E-state index in [1.54, 1.807) is 12.3 Å². The fraction of sp³-hybridized carbons (Fsp3) is 0.375. The molecule has 0 bridgehead atoms. The molecule has 0 spiro atoms. The fourth-order valence-corrected chi connectivity index (χ4v) is 3.22.